The number of rotatable bonds is 4. The van der Waals surface area contributed by atoms with Crippen LogP contribution in [0.1, 0.15) is 5.56 Å². The molecule has 0 aliphatic rings. The number of nitrogens with one attached hydrogen (secondary N) is 3. The van der Waals surface area contributed by atoms with E-state index in [1.54, 1.807) is 0 Å². The Hall–Kier alpha value is -3.27. The maximum atomic E-state index is 4.56. The Kier molecular flexibility index (Phi) is 3.63. The molecule has 0 amide bonds. The topological polar surface area (TPSA) is 52.7 Å². The quantitative estimate of drug-likeness (QED) is 0.475. The van der Waals surface area contributed by atoms with Gasteiger partial charge in [0.15, 0.2) is 0 Å². The van der Waals surface area contributed by atoms with Gasteiger partial charge < -0.3 is 15.6 Å². The van der Waals surface area contributed by atoms with Crippen molar-refractivity contribution < 1.29 is 0 Å². The summed E-state index contributed by atoms with van der Waals surface area (Å²) in [5.74, 6) is 0.749. The van der Waals surface area contributed by atoms with Crippen LogP contribution in [0, 0.1) is 6.92 Å². The van der Waals surface area contributed by atoms with Gasteiger partial charge in [-0.25, -0.2) is 4.98 Å². The van der Waals surface area contributed by atoms with E-state index < -0.39 is 0 Å². The third-order valence-electron chi connectivity index (χ3n) is 3.85. The molecule has 0 bridgehead atoms. The Bertz CT molecular complexity index is 956. The number of imidazole rings is 1. The molecule has 1 heterocycles. The number of hydrogen-bond acceptors (Lipinski definition) is 3. The van der Waals surface area contributed by atoms with Gasteiger partial charge in [0, 0.05) is 17.1 Å². The normalized spacial score (nSPS) is 10.7. The molecule has 4 aromatic rings. The van der Waals surface area contributed by atoms with Crippen LogP contribution >= 0.6 is 0 Å². The zero-order valence-electron chi connectivity index (χ0n) is 13.4. The van der Waals surface area contributed by atoms with E-state index in [0.29, 0.717) is 0 Å². The summed E-state index contributed by atoms with van der Waals surface area (Å²) < 4.78 is 0. The summed E-state index contributed by atoms with van der Waals surface area (Å²) in [6, 6.07) is 24.5. The number of aromatic amines is 1. The molecule has 0 unspecified atom stereocenters. The molecule has 0 atom stereocenters. The van der Waals surface area contributed by atoms with Gasteiger partial charge in [0.25, 0.3) is 0 Å². The first kappa shape index (κ1) is 14.3. The molecule has 3 N–H and O–H groups in total. The second-order valence-corrected chi connectivity index (χ2v) is 5.80. The Morgan fingerprint density at radius 3 is 2.17 bits per heavy atom. The fraction of sp³-hybridized carbons (Fsp3) is 0.0500. The van der Waals surface area contributed by atoms with Crippen molar-refractivity contribution in [1.82, 2.24) is 9.97 Å². The Morgan fingerprint density at radius 2 is 1.42 bits per heavy atom. The fourth-order valence-corrected chi connectivity index (χ4v) is 2.64. The lowest BCUT2D eigenvalue weighted by Crippen LogP contribution is -1.93. The molecule has 0 saturated heterocycles. The van der Waals surface area contributed by atoms with Gasteiger partial charge in [-0.1, -0.05) is 24.3 Å². The van der Waals surface area contributed by atoms with Crippen molar-refractivity contribution in [3.8, 4) is 0 Å². The maximum absolute atomic E-state index is 4.56. The standard InChI is InChI=1S/C20H18N4/c1-14-7-12-18-19(13-14)24-20(23-18)22-17-10-8-16(9-11-17)21-15-5-3-2-4-6-15/h2-13,21H,1H3,(H2,22,23,24). The maximum Gasteiger partial charge on any atom is 0.205 e. The molecule has 4 heteroatoms. The molecular formula is C20H18N4. The van der Waals surface area contributed by atoms with Crippen LogP contribution < -0.4 is 10.6 Å². The van der Waals surface area contributed by atoms with Crippen LogP contribution in [0.15, 0.2) is 72.8 Å². The Labute approximate surface area is 140 Å². The SMILES string of the molecule is Cc1ccc2nc(Nc3ccc(Nc4ccccc4)cc3)[nH]c2c1. The minimum atomic E-state index is 0.749. The summed E-state index contributed by atoms with van der Waals surface area (Å²) in [6.07, 6.45) is 0. The summed E-state index contributed by atoms with van der Waals surface area (Å²) in [7, 11) is 0. The highest BCUT2D eigenvalue weighted by molar-refractivity contribution is 5.79. The van der Waals surface area contributed by atoms with E-state index in [2.05, 4.69) is 39.7 Å². The Morgan fingerprint density at radius 1 is 0.750 bits per heavy atom. The summed E-state index contributed by atoms with van der Waals surface area (Å²) in [5, 5.41) is 6.68. The first-order valence-electron chi connectivity index (χ1n) is 7.92. The second-order valence-electron chi connectivity index (χ2n) is 5.80. The zero-order valence-corrected chi connectivity index (χ0v) is 13.4. The van der Waals surface area contributed by atoms with Crippen LogP contribution in [-0.4, -0.2) is 9.97 Å². The van der Waals surface area contributed by atoms with Gasteiger partial charge in [-0.05, 0) is 61.0 Å². The molecule has 118 valence electrons. The van der Waals surface area contributed by atoms with E-state index in [9.17, 15) is 0 Å². The largest absolute Gasteiger partial charge is 0.356 e. The summed E-state index contributed by atoms with van der Waals surface area (Å²) in [4.78, 5) is 7.86. The van der Waals surface area contributed by atoms with E-state index in [1.165, 1.54) is 5.56 Å². The number of nitrogens with zero attached hydrogens (tertiary/aromatic N) is 1. The molecule has 0 spiro atoms. The van der Waals surface area contributed by atoms with Crippen LogP contribution in [0.25, 0.3) is 11.0 Å². The van der Waals surface area contributed by atoms with E-state index in [-0.39, 0.29) is 0 Å². The molecule has 4 nitrogen and oxygen atoms in total. The molecule has 0 fully saturated rings. The van der Waals surface area contributed by atoms with Gasteiger partial charge in [-0.3, -0.25) is 0 Å². The highest BCUT2D eigenvalue weighted by Gasteiger charge is 2.03. The number of para-hydroxylation sites is 1. The van der Waals surface area contributed by atoms with Crippen LogP contribution in [0.2, 0.25) is 0 Å². The number of hydrogen-bond donors (Lipinski definition) is 3. The van der Waals surface area contributed by atoms with Crippen molar-refractivity contribution in [2.75, 3.05) is 10.6 Å². The summed E-state index contributed by atoms with van der Waals surface area (Å²) in [6.45, 7) is 2.08. The number of benzene rings is 3. The summed E-state index contributed by atoms with van der Waals surface area (Å²) in [5.41, 5.74) is 6.33. The van der Waals surface area contributed by atoms with Gasteiger partial charge in [0.05, 0.1) is 11.0 Å². The fourth-order valence-electron chi connectivity index (χ4n) is 2.64. The molecule has 0 aliphatic heterocycles. The zero-order chi connectivity index (χ0) is 16.4. The number of anilines is 4. The Balaban J connectivity index is 1.50. The molecule has 0 saturated carbocycles. The lowest BCUT2D eigenvalue weighted by Gasteiger charge is -2.08. The van der Waals surface area contributed by atoms with Crippen molar-refractivity contribution in [2.24, 2.45) is 0 Å². The molecule has 3 aromatic carbocycles. The van der Waals surface area contributed by atoms with Gasteiger partial charge >= 0.3 is 0 Å². The van der Waals surface area contributed by atoms with Gasteiger partial charge in [0.1, 0.15) is 0 Å². The predicted octanol–water partition coefficient (Wildman–Crippen LogP) is 5.36. The average molecular weight is 314 g/mol. The number of aryl methyl sites for hydroxylation is 1. The van der Waals surface area contributed by atoms with E-state index in [1.807, 2.05) is 60.7 Å². The van der Waals surface area contributed by atoms with Gasteiger partial charge in [0.2, 0.25) is 5.95 Å². The van der Waals surface area contributed by atoms with Crippen LogP contribution in [-0.2, 0) is 0 Å². The number of H-pyrrole nitrogens is 1. The lowest BCUT2D eigenvalue weighted by molar-refractivity contribution is 1.31. The molecular weight excluding hydrogens is 296 g/mol. The van der Waals surface area contributed by atoms with Gasteiger partial charge in [-0.2, -0.15) is 0 Å². The second kappa shape index (κ2) is 6.08. The van der Waals surface area contributed by atoms with Crippen LogP contribution in [0.4, 0.5) is 23.0 Å². The van der Waals surface area contributed by atoms with Gasteiger partial charge in [-0.15, -0.1) is 0 Å². The predicted molar refractivity (Wildman–Crippen MR) is 100 cm³/mol. The van der Waals surface area contributed by atoms with Crippen molar-refractivity contribution in [3.63, 3.8) is 0 Å². The van der Waals surface area contributed by atoms with Crippen LogP contribution in [0.3, 0.4) is 0 Å². The molecule has 24 heavy (non-hydrogen) atoms. The minimum Gasteiger partial charge on any atom is -0.356 e. The lowest BCUT2D eigenvalue weighted by atomic mass is 10.2. The van der Waals surface area contributed by atoms with Crippen molar-refractivity contribution in [3.05, 3.63) is 78.4 Å². The summed E-state index contributed by atoms with van der Waals surface area (Å²) >= 11 is 0. The third-order valence-corrected chi connectivity index (χ3v) is 3.85. The van der Waals surface area contributed by atoms with Crippen molar-refractivity contribution in [1.29, 1.82) is 0 Å². The first-order chi connectivity index (χ1) is 11.8. The van der Waals surface area contributed by atoms with E-state index >= 15 is 0 Å². The number of fused-ring (bicyclic) bond motifs is 1. The smallest absolute Gasteiger partial charge is 0.205 e. The first-order valence-corrected chi connectivity index (χ1v) is 7.92. The highest BCUT2D eigenvalue weighted by atomic mass is 15.1. The molecule has 1 aromatic heterocycles. The van der Waals surface area contributed by atoms with E-state index in [0.717, 1.165) is 34.0 Å². The average Bonchev–Trinajstić information content (AvgIpc) is 2.99. The van der Waals surface area contributed by atoms with Crippen molar-refractivity contribution >= 4 is 34.0 Å². The minimum absolute atomic E-state index is 0.749. The van der Waals surface area contributed by atoms with E-state index in [4.69, 9.17) is 0 Å². The monoisotopic (exact) mass is 314 g/mol. The molecule has 0 aliphatic carbocycles. The van der Waals surface area contributed by atoms with Crippen LogP contribution in [0.5, 0.6) is 0 Å². The van der Waals surface area contributed by atoms with Crippen molar-refractivity contribution in [2.45, 2.75) is 6.92 Å². The number of aromatic nitrogens is 2. The third kappa shape index (κ3) is 3.08. The molecule has 0 radical (unpaired) electrons. The molecule has 4 rings (SSSR count). The highest BCUT2D eigenvalue weighted by Crippen LogP contribution is 2.22.